The van der Waals surface area contributed by atoms with E-state index < -0.39 is 0 Å². The van der Waals surface area contributed by atoms with Gasteiger partial charge in [-0.3, -0.25) is 4.79 Å². The maximum atomic E-state index is 13.4. The molecule has 9 heteroatoms. The molecule has 0 fully saturated rings. The van der Waals surface area contributed by atoms with Crippen molar-refractivity contribution in [2.45, 2.75) is 6.61 Å². The SMILES string of the molecule is COc1cc(C=Nn2c(-c3ccccc3)nc3ccccc3c2=O)cc(Cl)c1OCc1ccc(Cl)c(Cl)c1. The van der Waals surface area contributed by atoms with Crippen LogP contribution in [0.4, 0.5) is 0 Å². The van der Waals surface area contributed by atoms with Crippen LogP contribution in [0.3, 0.4) is 0 Å². The van der Waals surface area contributed by atoms with Crippen molar-refractivity contribution < 1.29 is 9.47 Å². The van der Waals surface area contributed by atoms with Crippen LogP contribution in [0.1, 0.15) is 11.1 Å². The Bertz CT molecular complexity index is 1720. The lowest BCUT2D eigenvalue weighted by Crippen LogP contribution is -2.20. The Morgan fingerprint density at radius 2 is 1.66 bits per heavy atom. The van der Waals surface area contributed by atoms with Crippen molar-refractivity contribution in [3.8, 4) is 22.9 Å². The van der Waals surface area contributed by atoms with E-state index >= 15 is 0 Å². The number of ether oxygens (including phenoxy) is 2. The molecule has 0 radical (unpaired) electrons. The van der Waals surface area contributed by atoms with Crippen LogP contribution >= 0.6 is 34.8 Å². The van der Waals surface area contributed by atoms with Gasteiger partial charge in [0.15, 0.2) is 17.3 Å². The quantitative estimate of drug-likeness (QED) is 0.192. The first kappa shape index (κ1) is 25.8. The van der Waals surface area contributed by atoms with E-state index in [1.165, 1.54) is 18.0 Å². The van der Waals surface area contributed by atoms with Gasteiger partial charge in [0.25, 0.3) is 5.56 Å². The number of rotatable bonds is 7. The Hall–Kier alpha value is -3.84. The summed E-state index contributed by atoms with van der Waals surface area (Å²) in [7, 11) is 1.52. The van der Waals surface area contributed by atoms with Gasteiger partial charge in [-0.05, 0) is 47.5 Å². The van der Waals surface area contributed by atoms with Crippen molar-refractivity contribution in [1.29, 1.82) is 0 Å². The van der Waals surface area contributed by atoms with Crippen LogP contribution in [0.15, 0.2) is 94.8 Å². The van der Waals surface area contributed by atoms with E-state index in [4.69, 9.17) is 49.3 Å². The van der Waals surface area contributed by atoms with Gasteiger partial charge in [0, 0.05) is 5.56 Å². The van der Waals surface area contributed by atoms with Crippen molar-refractivity contribution in [3.05, 3.63) is 121 Å². The summed E-state index contributed by atoms with van der Waals surface area (Å²) in [6, 6.07) is 25.2. The number of benzene rings is 4. The monoisotopic (exact) mass is 563 g/mol. The van der Waals surface area contributed by atoms with Crippen LogP contribution in [0.5, 0.6) is 11.5 Å². The number of para-hydroxylation sites is 1. The van der Waals surface area contributed by atoms with Crippen molar-refractivity contribution >= 4 is 51.9 Å². The first-order chi connectivity index (χ1) is 18.4. The van der Waals surface area contributed by atoms with Crippen molar-refractivity contribution in [2.75, 3.05) is 7.11 Å². The minimum absolute atomic E-state index is 0.207. The molecular weight excluding hydrogens is 545 g/mol. The normalized spacial score (nSPS) is 11.3. The number of hydrogen-bond acceptors (Lipinski definition) is 5. The molecule has 6 nitrogen and oxygen atoms in total. The van der Waals surface area contributed by atoms with Gasteiger partial charge in [-0.2, -0.15) is 9.78 Å². The highest BCUT2D eigenvalue weighted by atomic mass is 35.5. The summed E-state index contributed by atoms with van der Waals surface area (Å²) in [6.07, 6.45) is 1.53. The molecule has 0 amide bonds. The highest BCUT2D eigenvalue weighted by Gasteiger charge is 2.14. The van der Waals surface area contributed by atoms with Crippen molar-refractivity contribution in [3.63, 3.8) is 0 Å². The maximum absolute atomic E-state index is 13.4. The van der Waals surface area contributed by atoms with Gasteiger partial charge >= 0.3 is 0 Å². The van der Waals surface area contributed by atoms with E-state index in [9.17, 15) is 4.79 Å². The smallest absolute Gasteiger partial charge is 0.282 e. The number of methoxy groups -OCH3 is 1. The second kappa shape index (κ2) is 11.3. The van der Waals surface area contributed by atoms with Gasteiger partial charge in [0.1, 0.15) is 6.61 Å². The standard InChI is InChI=1S/C29H20Cl3N3O3/c1-37-26-15-19(14-24(32)27(26)38-17-18-11-12-22(30)23(31)13-18)16-33-35-28(20-7-3-2-4-8-20)34-25-10-6-5-9-21(25)29(35)36/h2-16H,17H2,1H3. The molecule has 0 atom stereocenters. The van der Waals surface area contributed by atoms with Gasteiger partial charge in [-0.25, -0.2) is 4.98 Å². The van der Waals surface area contributed by atoms with Gasteiger partial charge in [0.05, 0.1) is 39.3 Å². The van der Waals surface area contributed by atoms with E-state index in [-0.39, 0.29) is 12.2 Å². The van der Waals surface area contributed by atoms with Crippen LogP contribution in [0.25, 0.3) is 22.3 Å². The Kier molecular flexibility index (Phi) is 7.65. The summed E-state index contributed by atoms with van der Waals surface area (Å²) in [5.41, 5.74) is 2.49. The number of nitrogens with zero attached hydrogens (tertiary/aromatic N) is 3. The second-order valence-electron chi connectivity index (χ2n) is 8.25. The van der Waals surface area contributed by atoms with E-state index in [0.29, 0.717) is 48.9 Å². The highest BCUT2D eigenvalue weighted by molar-refractivity contribution is 6.42. The molecule has 0 bridgehead atoms. The zero-order valence-corrected chi connectivity index (χ0v) is 22.3. The summed E-state index contributed by atoms with van der Waals surface area (Å²) in [4.78, 5) is 18.1. The fourth-order valence-electron chi connectivity index (χ4n) is 3.87. The van der Waals surface area contributed by atoms with Gasteiger partial charge in [-0.15, -0.1) is 0 Å². The molecule has 1 aromatic heterocycles. The fraction of sp³-hybridized carbons (Fsp3) is 0.0690. The molecule has 0 spiro atoms. The summed E-state index contributed by atoms with van der Waals surface area (Å²) in [5.74, 6) is 1.20. The maximum Gasteiger partial charge on any atom is 0.282 e. The third kappa shape index (κ3) is 5.38. The Balaban J connectivity index is 1.50. The molecule has 0 N–H and O–H groups in total. The summed E-state index contributed by atoms with van der Waals surface area (Å²) >= 11 is 18.7. The molecule has 0 saturated heterocycles. The van der Waals surface area contributed by atoms with Gasteiger partial charge in [0.2, 0.25) is 0 Å². The largest absolute Gasteiger partial charge is 0.493 e. The highest BCUT2D eigenvalue weighted by Crippen LogP contribution is 2.37. The molecule has 0 unspecified atom stereocenters. The van der Waals surface area contributed by atoms with Crippen LogP contribution in [-0.2, 0) is 6.61 Å². The molecule has 5 aromatic rings. The van der Waals surface area contributed by atoms with Crippen LogP contribution < -0.4 is 15.0 Å². The zero-order chi connectivity index (χ0) is 26.6. The minimum Gasteiger partial charge on any atom is -0.493 e. The Labute approximate surface area is 233 Å². The van der Waals surface area contributed by atoms with Crippen LogP contribution in [0.2, 0.25) is 15.1 Å². The average Bonchev–Trinajstić information content (AvgIpc) is 2.94. The first-order valence-corrected chi connectivity index (χ1v) is 12.6. The number of hydrogen-bond donors (Lipinski definition) is 0. The summed E-state index contributed by atoms with van der Waals surface area (Å²) in [5, 5.41) is 6.18. The third-order valence-electron chi connectivity index (χ3n) is 5.73. The predicted molar refractivity (Wildman–Crippen MR) is 153 cm³/mol. The lowest BCUT2D eigenvalue weighted by Gasteiger charge is -2.14. The van der Waals surface area contributed by atoms with Crippen molar-refractivity contribution in [2.24, 2.45) is 5.10 Å². The first-order valence-electron chi connectivity index (χ1n) is 11.5. The molecule has 0 aliphatic rings. The zero-order valence-electron chi connectivity index (χ0n) is 20.1. The number of halogens is 3. The topological polar surface area (TPSA) is 65.7 Å². The minimum atomic E-state index is -0.287. The van der Waals surface area contributed by atoms with Crippen LogP contribution in [-0.4, -0.2) is 23.0 Å². The fourth-order valence-corrected chi connectivity index (χ4v) is 4.46. The number of fused-ring (bicyclic) bond motifs is 1. The molecule has 5 rings (SSSR count). The van der Waals surface area contributed by atoms with E-state index in [1.807, 2.05) is 42.5 Å². The Morgan fingerprint density at radius 3 is 2.42 bits per heavy atom. The number of aromatic nitrogens is 2. The lowest BCUT2D eigenvalue weighted by atomic mass is 10.2. The second-order valence-corrected chi connectivity index (χ2v) is 9.47. The van der Waals surface area contributed by atoms with E-state index in [2.05, 4.69) is 5.10 Å². The third-order valence-corrected chi connectivity index (χ3v) is 6.75. The van der Waals surface area contributed by atoms with Crippen LogP contribution in [0, 0.1) is 0 Å². The summed E-state index contributed by atoms with van der Waals surface area (Å²) < 4.78 is 12.7. The van der Waals surface area contributed by atoms with Gasteiger partial charge < -0.3 is 9.47 Å². The average molecular weight is 565 g/mol. The molecule has 0 saturated carbocycles. The van der Waals surface area contributed by atoms with E-state index in [0.717, 1.165) is 11.1 Å². The molecular formula is C29H20Cl3N3O3. The Morgan fingerprint density at radius 1 is 0.895 bits per heavy atom. The van der Waals surface area contributed by atoms with E-state index in [1.54, 1.807) is 42.5 Å². The van der Waals surface area contributed by atoms with Gasteiger partial charge in [-0.1, -0.05) is 83.3 Å². The predicted octanol–water partition coefficient (Wildman–Crippen LogP) is 7.49. The lowest BCUT2D eigenvalue weighted by molar-refractivity contribution is 0.284. The molecule has 4 aromatic carbocycles. The molecule has 38 heavy (non-hydrogen) atoms. The molecule has 1 heterocycles. The summed E-state index contributed by atoms with van der Waals surface area (Å²) in [6.45, 7) is 0.207. The molecule has 190 valence electrons. The van der Waals surface area contributed by atoms with Crippen molar-refractivity contribution in [1.82, 2.24) is 9.66 Å². The molecule has 0 aliphatic heterocycles. The molecule has 0 aliphatic carbocycles.